The van der Waals surface area contributed by atoms with Crippen LogP contribution >= 0.6 is 23.4 Å². The minimum atomic E-state index is -0.784. The molecular weight excluding hydrogens is 420 g/mol. The Morgan fingerprint density at radius 1 is 1.17 bits per heavy atom. The number of carbonyl (C=O) groups excluding carboxylic acids is 2. The van der Waals surface area contributed by atoms with Crippen LogP contribution in [0.2, 0.25) is 5.02 Å². The van der Waals surface area contributed by atoms with Gasteiger partial charge in [-0.1, -0.05) is 53.7 Å². The van der Waals surface area contributed by atoms with Gasteiger partial charge in [-0.15, -0.1) is 0 Å². The largest absolute Gasteiger partial charge is 0.341 e. The van der Waals surface area contributed by atoms with Crippen molar-refractivity contribution in [3.8, 4) is 0 Å². The molecule has 3 rings (SSSR count). The number of hydrogen-bond acceptors (Lipinski definition) is 4. The molecule has 1 amide bonds. The summed E-state index contributed by atoms with van der Waals surface area (Å²) in [7, 11) is 0. The van der Waals surface area contributed by atoms with Gasteiger partial charge in [0.05, 0.1) is 0 Å². The number of fused-ring (bicyclic) bond motifs is 1. The fourth-order valence-corrected chi connectivity index (χ4v) is 3.95. The SMILES string of the molecule is CC=CCSC(=O)C(Cc1cc(=O)[nH]c2ccccc12)NC(=O)c1ccc(Cl)cc1. The highest BCUT2D eigenvalue weighted by Gasteiger charge is 2.23. The molecule has 1 atom stereocenters. The van der Waals surface area contributed by atoms with E-state index in [4.69, 9.17) is 11.6 Å². The molecule has 0 fully saturated rings. The maximum atomic E-state index is 12.9. The second kappa shape index (κ2) is 10.3. The summed E-state index contributed by atoms with van der Waals surface area (Å²) >= 11 is 7.02. The summed E-state index contributed by atoms with van der Waals surface area (Å²) in [6.07, 6.45) is 3.96. The number of thioether (sulfide) groups is 1. The predicted octanol–water partition coefficient (Wildman–Crippen LogP) is 4.36. The number of allylic oxidation sites excluding steroid dienone is 1. The van der Waals surface area contributed by atoms with Gasteiger partial charge in [-0.2, -0.15) is 0 Å². The lowest BCUT2D eigenvalue weighted by atomic mass is 10.0. The average molecular weight is 441 g/mol. The molecule has 30 heavy (non-hydrogen) atoms. The first-order valence-electron chi connectivity index (χ1n) is 9.43. The Morgan fingerprint density at radius 3 is 2.63 bits per heavy atom. The van der Waals surface area contributed by atoms with E-state index in [1.807, 2.05) is 43.3 Å². The number of carbonyl (C=O) groups is 2. The highest BCUT2D eigenvalue weighted by molar-refractivity contribution is 8.13. The molecule has 1 heterocycles. The lowest BCUT2D eigenvalue weighted by Gasteiger charge is -2.18. The topological polar surface area (TPSA) is 79.0 Å². The third-order valence-corrected chi connectivity index (χ3v) is 5.69. The van der Waals surface area contributed by atoms with Crippen molar-refractivity contribution in [2.45, 2.75) is 19.4 Å². The molecule has 0 aliphatic heterocycles. The number of rotatable bonds is 7. The Morgan fingerprint density at radius 2 is 1.90 bits per heavy atom. The number of nitrogens with one attached hydrogen (secondary N) is 2. The van der Waals surface area contributed by atoms with Gasteiger partial charge >= 0.3 is 0 Å². The Balaban J connectivity index is 1.89. The Bertz CT molecular complexity index is 1140. The highest BCUT2D eigenvalue weighted by atomic mass is 35.5. The summed E-state index contributed by atoms with van der Waals surface area (Å²) in [5.74, 6) is 0.143. The molecule has 3 aromatic rings. The highest BCUT2D eigenvalue weighted by Crippen LogP contribution is 2.19. The maximum absolute atomic E-state index is 12.9. The number of hydrogen-bond donors (Lipinski definition) is 2. The summed E-state index contributed by atoms with van der Waals surface area (Å²) in [6, 6.07) is 14.6. The van der Waals surface area contributed by atoms with Crippen LogP contribution < -0.4 is 10.9 Å². The first kappa shape index (κ1) is 21.9. The molecule has 5 nitrogen and oxygen atoms in total. The molecule has 0 aliphatic carbocycles. The van der Waals surface area contributed by atoms with Crippen molar-refractivity contribution in [1.82, 2.24) is 10.3 Å². The van der Waals surface area contributed by atoms with Crippen LogP contribution in [0.4, 0.5) is 0 Å². The van der Waals surface area contributed by atoms with E-state index in [0.29, 0.717) is 27.4 Å². The van der Waals surface area contributed by atoms with Crippen LogP contribution in [0.25, 0.3) is 10.9 Å². The maximum Gasteiger partial charge on any atom is 0.251 e. The van der Waals surface area contributed by atoms with Crippen molar-refractivity contribution in [3.05, 3.63) is 93.3 Å². The summed E-state index contributed by atoms with van der Waals surface area (Å²) in [5, 5.41) is 4.02. The van der Waals surface area contributed by atoms with E-state index in [1.54, 1.807) is 24.3 Å². The second-order valence-electron chi connectivity index (χ2n) is 6.64. The lowest BCUT2D eigenvalue weighted by molar-refractivity contribution is -0.112. The quantitative estimate of drug-likeness (QED) is 0.535. The molecule has 0 spiro atoms. The first-order chi connectivity index (χ1) is 14.5. The fourth-order valence-electron chi connectivity index (χ4n) is 3.03. The normalized spacial score (nSPS) is 12.2. The van der Waals surface area contributed by atoms with Gasteiger partial charge in [0.2, 0.25) is 10.7 Å². The van der Waals surface area contributed by atoms with Crippen molar-refractivity contribution in [2.75, 3.05) is 5.75 Å². The van der Waals surface area contributed by atoms with Crippen molar-refractivity contribution < 1.29 is 9.59 Å². The average Bonchev–Trinajstić information content (AvgIpc) is 2.73. The van der Waals surface area contributed by atoms with Crippen LogP contribution in [0.15, 0.2) is 71.5 Å². The molecule has 0 saturated heterocycles. The molecule has 1 aromatic heterocycles. The third kappa shape index (κ3) is 5.62. The van der Waals surface area contributed by atoms with E-state index in [0.717, 1.165) is 17.1 Å². The van der Waals surface area contributed by atoms with E-state index in [1.165, 1.54) is 6.07 Å². The van der Waals surface area contributed by atoms with Gasteiger partial charge in [0.15, 0.2) is 0 Å². The monoisotopic (exact) mass is 440 g/mol. The van der Waals surface area contributed by atoms with Gasteiger partial charge < -0.3 is 10.3 Å². The number of benzene rings is 2. The number of H-pyrrole nitrogens is 1. The Hall–Kier alpha value is -2.83. The summed E-state index contributed by atoms with van der Waals surface area (Å²) < 4.78 is 0. The summed E-state index contributed by atoms with van der Waals surface area (Å²) in [4.78, 5) is 40.5. The summed E-state index contributed by atoms with van der Waals surface area (Å²) in [6.45, 7) is 1.88. The van der Waals surface area contributed by atoms with Crippen LogP contribution in [0, 0.1) is 0 Å². The number of halogens is 1. The van der Waals surface area contributed by atoms with Crippen LogP contribution in [0.5, 0.6) is 0 Å². The van der Waals surface area contributed by atoms with Gasteiger partial charge in [0.25, 0.3) is 5.91 Å². The van der Waals surface area contributed by atoms with Crippen LogP contribution in [-0.4, -0.2) is 27.8 Å². The van der Waals surface area contributed by atoms with Crippen LogP contribution in [-0.2, 0) is 11.2 Å². The van der Waals surface area contributed by atoms with E-state index >= 15 is 0 Å². The van der Waals surface area contributed by atoms with Gasteiger partial charge in [-0.05, 0) is 42.8 Å². The number of para-hydroxylation sites is 1. The lowest BCUT2D eigenvalue weighted by Crippen LogP contribution is -2.41. The molecule has 154 valence electrons. The van der Waals surface area contributed by atoms with Crippen LogP contribution in [0.1, 0.15) is 22.8 Å². The summed E-state index contributed by atoms with van der Waals surface area (Å²) in [5.41, 5.74) is 1.56. The van der Waals surface area contributed by atoms with Crippen LogP contribution in [0.3, 0.4) is 0 Å². The zero-order valence-corrected chi connectivity index (χ0v) is 17.9. The van der Waals surface area contributed by atoms with Crippen molar-refractivity contribution in [2.24, 2.45) is 0 Å². The second-order valence-corrected chi connectivity index (χ2v) is 8.10. The molecule has 1 unspecified atom stereocenters. The minimum Gasteiger partial charge on any atom is -0.341 e. The molecule has 0 radical (unpaired) electrons. The minimum absolute atomic E-state index is 0.167. The number of aromatic amines is 1. The smallest absolute Gasteiger partial charge is 0.251 e. The van der Waals surface area contributed by atoms with E-state index in [2.05, 4.69) is 10.3 Å². The fraction of sp³-hybridized carbons (Fsp3) is 0.174. The van der Waals surface area contributed by atoms with Crippen molar-refractivity contribution in [1.29, 1.82) is 0 Å². The van der Waals surface area contributed by atoms with E-state index < -0.39 is 6.04 Å². The van der Waals surface area contributed by atoms with Gasteiger partial charge in [0.1, 0.15) is 6.04 Å². The predicted molar refractivity (Wildman–Crippen MR) is 123 cm³/mol. The molecule has 2 aromatic carbocycles. The Labute approximate surface area is 183 Å². The van der Waals surface area contributed by atoms with Gasteiger partial charge in [-0.25, -0.2) is 0 Å². The number of pyridine rings is 1. The molecule has 2 N–H and O–H groups in total. The molecule has 0 saturated carbocycles. The van der Waals surface area contributed by atoms with E-state index in [-0.39, 0.29) is 23.0 Å². The third-order valence-electron chi connectivity index (χ3n) is 4.51. The zero-order chi connectivity index (χ0) is 21.5. The standard InChI is InChI=1S/C23H21ClN2O3S/c1-2-3-12-30-23(29)20(26-22(28)15-8-10-17(24)11-9-15)13-16-14-21(27)25-19-7-5-4-6-18(16)19/h2-11,14,20H,12-13H2,1H3,(H,25,27)(H,26,28). The van der Waals surface area contributed by atoms with Crippen molar-refractivity contribution in [3.63, 3.8) is 0 Å². The number of amides is 1. The molecule has 0 bridgehead atoms. The van der Waals surface area contributed by atoms with Gasteiger partial charge in [-0.3, -0.25) is 14.4 Å². The van der Waals surface area contributed by atoms with Gasteiger partial charge in [0, 0.05) is 39.7 Å². The molecule has 0 aliphatic rings. The molecule has 7 heteroatoms. The Kier molecular flexibility index (Phi) is 7.49. The molecular formula is C23H21ClN2O3S. The first-order valence-corrected chi connectivity index (χ1v) is 10.8. The van der Waals surface area contributed by atoms with Crippen molar-refractivity contribution >= 4 is 45.3 Å². The zero-order valence-electron chi connectivity index (χ0n) is 16.4. The number of aromatic nitrogens is 1. The van der Waals surface area contributed by atoms with E-state index in [9.17, 15) is 14.4 Å².